The van der Waals surface area contributed by atoms with Crippen LogP contribution in [0.1, 0.15) is 19.3 Å². The van der Waals surface area contributed by atoms with Crippen LogP contribution in [0.5, 0.6) is 0 Å². The van der Waals surface area contributed by atoms with Crippen molar-refractivity contribution in [1.29, 1.82) is 0 Å². The minimum atomic E-state index is -0.543. The van der Waals surface area contributed by atoms with Gasteiger partial charge in [0.25, 0.3) is 0 Å². The summed E-state index contributed by atoms with van der Waals surface area (Å²) in [6.07, 6.45) is 3.20. The van der Waals surface area contributed by atoms with Crippen LogP contribution in [-0.2, 0) is 4.74 Å². The molecule has 0 aromatic rings. The molecule has 12 heavy (non-hydrogen) atoms. The summed E-state index contributed by atoms with van der Waals surface area (Å²) in [6.45, 7) is 4.48. The number of likely N-dealkylation sites (tertiary alicyclic amines) is 1. The summed E-state index contributed by atoms with van der Waals surface area (Å²) in [6, 6.07) is 0. The second-order valence-electron chi connectivity index (χ2n) is 4.01. The summed E-state index contributed by atoms with van der Waals surface area (Å²) in [5.41, 5.74) is -0.543. The van der Waals surface area contributed by atoms with Gasteiger partial charge in [0.1, 0.15) is 5.60 Å². The molecule has 2 aliphatic rings. The fraction of sp³-hybridized carbons (Fsp3) is 1.00. The van der Waals surface area contributed by atoms with Crippen molar-refractivity contribution in [3.63, 3.8) is 0 Å². The van der Waals surface area contributed by atoms with E-state index in [1.807, 2.05) is 0 Å². The van der Waals surface area contributed by atoms with Crippen molar-refractivity contribution >= 4 is 0 Å². The molecule has 2 rings (SSSR count). The number of rotatable bonds is 2. The van der Waals surface area contributed by atoms with E-state index in [1.165, 1.54) is 6.42 Å². The quantitative estimate of drug-likeness (QED) is 0.645. The highest BCUT2D eigenvalue weighted by Crippen LogP contribution is 2.22. The van der Waals surface area contributed by atoms with E-state index in [-0.39, 0.29) is 0 Å². The Labute approximate surface area is 73.3 Å². The standard InChI is InChI=1S/C9H17NO2/c11-9(3-1-6-12-8-9)7-10-4-2-5-10/h11H,1-8H2. The first-order chi connectivity index (χ1) is 5.79. The second-order valence-corrected chi connectivity index (χ2v) is 4.01. The van der Waals surface area contributed by atoms with Crippen molar-refractivity contribution in [2.75, 3.05) is 32.8 Å². The van der Waals surface area contributed by atoms with Gasteiger partial charge < -0.3 is 14.7 Å². The normalized spacial score (nSPS) is 37.8. The highest BCUT2D eigenvalue weighted by molar-refractivity contribution is 4.86. The van der Waals surface area contributed by atoms with Crippen LogP contribution < -0.4 is 0 Å². The molecule has 0 spiro atoms. The Kier molecular flexibility index (Phi) is 2.35. The largest absolute Gasteiger partial charge is 0.386 e. The zero-order chi connectivity index (χ0) is 8.44. The molecule has 0 radical (unpaired) electrons. The maximum absolute atomic E-state index is 10.0. The maximum Gasteiger partial charge on any atom is 0.101 e. The van der Waals surface area contributed by atoms with E-state index < -0.39 is 5.60 Å². The summed E-state index contributed by atoms with van der Waals surface area (Å²) in [7, 11) is 0. The molecule has 1 unspecified atom stereocenters. The van der Waals surface area contributed by atoms with Crippen molar-refractivity contribution in [2.24, 2.45) is 0 Å². The number of hydrogen-bond donors (Lipinski definition) is 1. The molecule has 70 valence electrons. The molecule has 1 atom stereocenters. The lowest BCUT2D eigenvalue weighted by Crippen LogP contribution is -2.52. The number of β-amino-alcohol motifs (C(OH)–C–C–N with tert-alkyl or cyclic N) is 1. The van der Waals surface area contributed by atoms with Gasteiger partial charge in [-0.3, -0.25) is 0 Å². The predicted molar refractivity (Wildman–Crippen MR) is 46.1 cm³/mol. The van der Waals surface area contributed by atoms with Crippen LogP contribution in [-0.4, -0.2) is 48.5 Å². The maximum atomic E-state index is 10.0. The molecule has 3 nitrogen and oxygen atoms in total. The minimum Gasteiger partial charge on any atom is -0.386 e. The van der Waals surface area contributed by atoms with Crippen LogP contribution in [0.2, 0.25) is 0 Å². The monoisotopic (exact) mass is 171 g/mol. The zero-order valence-corrected chi connectivity index (χ0v) is 7.46. The number of hydrogen-bond acceptors (Lipinski definition) is 3. The minimum absolute atomic E-state index is 0.531. The molecule has 1 N–H and O–H groups in total. The smallest absolute Gasteiger partial charge is 0.101 e. The molecular weight excluding hydrogens is 154 g/mol. The van der Waals surface area contributed by atoms with Gasteiger partial charge in [-0.15, -0.1) is 0 Å². The van der Waals surface area contributed by atoms with E-state index in [0.717, 1.165) is 39.1 Å². The number of aliphatic hydroxyl groups is 1. The summed E-state index contributed by atoms with van der Waals surface area (Å²) in [5, 5.41) is 10.0. The lowest BCUT2D eigenvalue weighted by molar-refractivity contribution is -0.106. The molecule has 0 aromatic heterocycles. The van der Waals surface area contributed by atoms with Gasteiger partial charge >= 0.3 is 0 Å². The van der Waals surface area contributed by atoms with Gasteiger partial charge in [0, 0.05) is 13.2 Å². The number of ether oxygens (including phenoxy) is 1. The first kappa shape index (κ1) is 8.48. The third-order valence-corrected chi connectivity index (χ3v) is 2.77. The Balaban J connectivity index is 1.81. The molecular formula is C9H17NO2. The number of nitrogens with zero attached hydrogens (tertiary/aromatic N) is 1. The molecule has 0 bridgehead atoms. The topological polar surface area (TPSA) is 32.7 Å². The van der Waals surface area contributed by atoms with E-state index >= 15 is 0 Å². The van der Waals surface area contributed by atoms with E-state index in [1.54, 1.807) is 0 Å². The SMILES string of the molecule is OC1(CN2CCC2)CCCOC1. The van der Waals surface area contributed by atoms with E-state index in [4.69, 9.17) is 4.74 Å². The highest BCUT2D eigenvalue weighted by atomic mass is 16.5. The van der Waals surface area contributed by atoms with Crippen LogP contribution >= 0.6 is 0 Å². The van der Waals surface area contributed by atoms with Crippen LogP contribution in [0.25, 0.3) is 0 Å². The fourth-order valence-electron chi connectivity index (χ4n) is 1.92. The fourth-order valence-corrected chi connectivity index (χ4v) is 1.92. The van der Waals surface area contributed by atoms with Crippen LogP contribution in [0.3, 0.4) is 0 Å². The third-order valence-electron chi connectivity index (χ3n) is 2.77. The van der Waals surface area contributed by atoms with Gasteiger partial charge in [0.15, 0.2) is 0 Å². The molecule has 3 heteroatoms. The average molecular weight is 171 g/mol. The molecule has 2 fully saturated rings. The Morgan fingerprint density at radius 2 is 2.17 bits per heavy atom. The second kappa shape index (κ2) is 3.32. The Morgan fingerprint density at radius 1 is 1.33 bits per heavy atom. The summed E-state index contributed by atoms with van der Waals surface area (Å²) in [5.74, 6) is 0. The van der Waals surface area contributed by atoms with E-state index in [2.05, 4.69) is 4.90 Å². The van der Waals surface area contributed by atoms with Crippen molar-refractivity contribution in [3.05, 3.63) is 0 Å². The first-order valence-corrected chi connectivity index (χ1v) is 4.81. The Hall–Kier alpha value is -0.120. The lowest BCUT2D eigenvalue weighted by atomic mass is 9.95. The molecule has 0 aliphatic carbocycles. The van der Waals surface area contributed by atoms with Gasteiger partial charge in [-0.05, 0) is 32.4 Å². The summed E-state index contributed by atoms with van der Waals surface area (Å²) < 4.78 is 5.28. The van der Waals surface area contributed by atoms with Crippen LogP contribution in [0, 0.1) is 0 Å². The van der Waals surface area contributed by atoms with Crippen molar-refractivity contribution < 1.29 is 9.84 Å². The van der Waals surface area contributed by atoms with Crippen molar-refractivity contribution in [2.45, 2.75) is 24.9 Å². The van der Waals surface area contributed by atoms with Gasteiger partial charge in [-0.2, -0.15) is 0 Å². The molecule has 0 amide bonds. The molecule has 2 heterocycles. The molecule has 0 aromatic carbocycles. The summed E-state index contributed by atoms with van der Waals surface area (Å²) in [4.78, 5) is 2.30. The third kappa shape index (κ3) is 1.79. The predicted octanol–water partition coefficient (Wildman–Crippen LogP) is 0.234. The molecule has 2 aliphatic heterocycles. The summed E-state index contributed by atoms with van der Waals surface area (Å²) >= 11 is 0. The van der Waals surface area contributed by atoms with Gasteiger partial charge in [-0.25, -0.2) is 0 Å². The molecule has 0 saturated carbocycles. The molecule has 2 saturated heterocycles. The van der Waals surface area contributed by atoms with Gasteiger partial charge in [0.05, 0.1) is 6.61 Å². The van der Waals surface area contributed by atoms with Gasteiger partial charge in [-0.1, -0.05) is 0 Å². The van der Waals surface area contributed by atoms with E-state index in [0.29, 0.717) is 6.61 Å². The van der Waals surface area contributed by atoms with Crippen molar-refractivity contribution in [3.8, 4) is 0 Å². The lowest BCUT2D eigenvalue weighted by Gasteiger charge is -2.40. The van der Waals surface area contributed by atoms with Crippen LogP contribution in [0.15, 0.2) is 0 Å². The Bertz CT molecular complexity index is 151. The Morgan fingerprint density at radius 3 is 2.67 bits per heavy atom. The van der Waals surface area contributed by atoms with E-state index in [9.17, 15) is 5.11 Å². The van der Waals surface area contributed by atoms with Crippen LogP contribution in [0.4, 0.5) is 0 Å². The highest BCUT2D eigenvalue weighted by Gasteiger charge is 2.33. The zero-order valence-electron chi connectivity index (χ0n) is 7.46. The average Bonchev–Trinajstić information content (AvgIpc) is 1.99. The van der Waals surface area contributed by atoms with Crippen molar-refractivity contribution in [1.82, 2.24) is 4.90 Å². The first-order valence-electron chi connectivity index (χ1n) is 4.81. The van der Waals surface area contributed by atoms with Gasteiger partial charge in [0.2, 0.25) is 0 Å².